The molecule has 0 aliphatic heterocycles. The summed E-state index contributed by atoms with van der Waals surface area (Å²) >= 11 is 5.41. The number of benzene rings is 2. The number of hydrogen-bond donors (Lipinski definition) is 0. The Balaban J connectivity index is 2.73. The fourth-order valence-electron chi connectivity index (χ4n) is 1.67. The van der Waals surface area contributed by atoms with Crippen LogP contribution in [-0.4, -0.2) is 0 Å². The predicted octanol–water partition coefficient (Wildman–Crippen LogP) is 4.93. The molecule has 0 fully saturated rings. The van der Waals surface area contributed by atoms with Gasteiger partial charge in [-0.15, -0.1) is 11.6 Å². The molecule has 2 aromatic rings. The number of rotatable bonds is 2. The van der Waals surface area contributed by atoms with Gasteiger partial charge in [-0.3, -0.25) is 0 Å². The van der Waals surface area contributed by atoms with E-state index in [1.54, 1.807) is 0 Å². The maximum atomic E-state index is 13.5. The van der Waals surface area contributed by atoms with Crippen molar-refractivity contribution in [3.05, 3.63) is 58.7 Å². The zero-order valence-electron chi connectivity index (χ0n) is 9.58. The highest BCUT2D eigenvalue weighted by atomic mass is 35.5. The second kappa shape index (κ2) is 5.36. The first-order valence-electron chi connectivity index (χ1n) is 5.24. The third-order valence-electron chi connectivity index (χ3n) is 2.70. The van der Waals surface area contributed by atoms with Crippen molar-refractivity contribution in [3.63, 3.8) is 0 Å². The first-order valence-corrected chi connectivity index (χ1v) is 5.78. The smallest absolute Gasteiger partial charge is 0.200 e. The predicted molar refractivity (Wildman–Crippen MR) is 61.2 cm³/mol. The largest absolute Gasteiger partial charge is 0.207 e. The fourth-order valence-corrected chi connectivity index (χ4v) is 1.89. The van der Waals surface area contributed by atoms with Gasteiger partial charge < -0.3 is 0 Å². The van der Waals surface area contributed by atoms with Gasteiger partial charge in [-0.05, 0) is 11.6 Å². The lowest BCUT2D eigenvalue weighted by atomic mass is 10.0. The Morgan fingerprint density at radius 3 is 1.70 bits per heavy atom. The minimum atomic E-state index is -2.26. The van der Waals surface area contributed by atoms with Gasteiger partial charge in [0.1, 0.15) is 5.82 Å². The molecule has 0 heterocycles. The standard InChI is InChI=1S/C13H5ClF6/c14-4-6-2-1-5(3-7(6)15)8-9(16)11(18)13(20)12(19)10(8)17/h1-3H,4H2. The second-order valence-corrected chi connectivity index (χ2v) is 4.15. The molecular weight excluding hydrogens is 306 g/mol. The van der Waals surface area contributed by atoms with E-state index < -0.39 is 46.0 Å². The van der Waals surface area contributed by atoms with E-state index >= 15 is 0 Å². The van der Waals surface area contributed by atoms with Crippen molar-refractivity contribution < 1.29 is 26.3 Å². The summed E-state index contributed by atoms with van der Waals surface area (Å²) < 4.78 is 79.6. The van der Waals surface area contributed by atoms with Gasteiger partial charge in [-0.1, -0.05) is 12.1 Å². The van der Waals surface area contributed by atoms with E-state index in [9.17, 15) is 26.3 Å². The molecule has 20 heavy (non-hydrogen) atoms. The van der Waals surface area contributed by atoms with Crippen molar-refractivity contribution in [2.24, 2.45) is 0 Å². The SMILES string of the molecule is Fc1cc(-c2c(F)c(F)c(F)c(F)c2F)ccc1CCl. The topological polar surface area (TPSA) is 0 Å². The summed E-state index contributed by atoms with van der Waals surface area (Å²) in [5, 5.41) is 0. The molecule has 2 aromatic carbocycles. The van der Waals surface area contributed by atoms with Crippen molar-refractivity contribution in [3.8, 4) is 11.1 Å². The third kappa shape index (κ3) is 2.24. The van der Waals surface area contributed by atoms with Gasteiger partial charge in [0.2, 0.25) is 5.82 Å². The lowest BCUT2D eigenvalue weighted by Gasteiger charge is -2.09. The van der Waals surface area contributed by atoms with E-state index in [-0.39, 0.29) is 11.4 Å². The Hall–Kier alpha value is -1.69. The first-order chi connectivity index (χ1) is 9.38. The van der Waals surface area contributed by atoms with Crippen LogP contribution in [0, 0.1) is 34.9 Å². The Bertz CT molecular complexity index is 654. The molecule has 0 aliphatic carbocycles. The van der Waals surface area contributed by atoms with Crippen LogP contribution in [0.15, 0.2) is 18.2 Å². The van der Waals surface area contributed by atoms with Crippen LogP contribution in [0.1, 0.15) is 5.56 Å². The summed E-state index contributed by atoms with van der Waals surface area (Å²) in [5.74, 6) is -11.5. The summed E-state index contributed by atoms with van der Waals surface area (Å²) in [6, 6.07) is 2.80. The summed E-state index contributed by atoms with van der Waals surface area (Å²) in [6.07, 6.45) is 0. The van der Waals surface area contributed by atoms with Crippen LogP contribution in [0.2, 0.25) is 0 Å². The Labute approximate surface area is 114 Å². The van der Waals surface area contributed by atoms with Crippen LogP contribution in [0.5, 0.6) is 0 Å². The quantitative estimate of drug-likeness (QED) is 0.319. The molecule has 0 spiro atoms. The van der Waals surface area contributed by atoms with E-state index in [1.807, 2.05) is 0 Å². The van der Waals surface area contributed by atoms with E-state index in [0.29, 0.717) is 6.07 Å². The van der Waals surface area contributed by atoms with Gasteiger partial charge in [0.05, 0.1) is 11.4 Å². The molecule has 2 rings (SSSR count). The molecule has 7 heteroatoms. The van der Waals surface area contributed by atoms with Crippen molar-refractivity contribution in [1.29, 1.82) is 0 Å². The van der Waals surface area contributed by atoms with E-state index in [4.69, 9.17) is 11.6 Å². The van der Waals surface area contributed by atoms with Gasteiger partial charge in [0.15, 0.2) is 23.3 Å². The highest BCUT2D eigenvalue weighted by Crippen LogP contribution is 2.32. The van der Waals surface area contributed by atoms with Crippen LogP contribution in [0.4, 0.5) is 26.3 Å². The van der Waals surface area contributed by atoms with E-state index in [2.05, 4.69) is 0 Å². The van der Waals surface area contributed by atoms with E-state index in [1.165, 1.54) is 0 Å². The summed E-state index contributed by atoms with van der Waals surface area (Å²) in [7, 11) is 0. The van der Waals surface area contributed by atoms with Crippen molar-refractivity contribution >= 4 is 11.6 Å². The molecule has 0 amide bonds. The zero-order chi connectivity index (χ0) is 15.0. The Kier molecular flexibility index (Phi) is 3.94. The van der Waals surface area contributed by atoms with Crippen molar-refractivity contribution in [1.82, 2.24) is 0 Å². The van der Waals surface area contributed by atoms with Crippen LogP contribution in [0.25, 0.3) is 11.1 Å². The average Bonchev–Trinajstić information content (AvgIpc) is 2.43. The molecule has 0 unspecified atom stereocenters. The molecule has 0 radical (unpaired) electrons. The maximum absolute atomic E-state index is 13.5. The minimum Gasteiger partial charge on any atom is -0.207 e. The first kappa shape index (κ1) is 14.7. The highest BCUT2D eigenvalue weighted by molar-refractivity contribution is 6.17. The van der Waals surface area contributed by atoms with Gasteiger partial charge in [-0.2, -0.15) is 0 Å². The number of halogens is 7. The Morgan fingerprint density at radius 1 is 0.750 bits per heavy atom. The Morgan fingerprint density at radius 2 is 1.25 bits per heavy atom. The van der Waals surface area contributed by atoms with Crippen LogP contribution in [-0.2, 0) is 5.88 Å². The van der Waals surface area contributed by atoms with E-state index in [0.717, 1.165) is 12.1 Å². The molecule has 0 saturated heterocycles. The second-order valence-electron chi connectivity index (χ2n) is 3.88. The number of hydrogen-bond acceptors (Lipinski definition) is 0. The molecular formula is C13H5ClF6. The zero-order valence-corrected chi connectivity index (χ0v) is 10.3. The lowest BCUT2D eigenvalue weighted by Crippen LogP contribution is -2.04. The van der Waals surface area contributed by atoms with Crippen LogP contribution < -0.4 is 0 Å². The molecule has 0 atom stereocenters. The minimum absolute atomic E-state index is 0.0410. The van der Waals surface area contributed by atoms with Gasteiger partial charge in [-0.25, -0.2) is 26.3 Å². The molecule has 0 aliphatic rings. The fraction of sp³-hybridized carbons (Fsp3) is 0.0769. The normalized spacial score (nSPS) is 10.9. The third-order valence-corrected chi connectivity index (χ3v) is 2.98. The van der Waals surface area contributed by atoms with Gasteiger partial charge in [0, 0.05) is 5.56 Å². The molecule has 0 nitrogen and oxygen atoms in total. The van der Waals surface area contributed by atoms with Crippen molar-refractivity contribution in [2.75, 3.05) is 0 Å². The molecule has 0 bridgehead atoms. The number of alkyl halides is 1. The summed E-state index contributed by atoms with van der Waals surface area (Å²) in [5.41, 5.74) is -1.61. The van der Waals surface area contributed by atoms with Gasteiger partial charge in [0.25, 0.3) is 0 Å². The monoisotopic (exact) mass is 310 g/mol. The maximum Gasteiger partial charge on any atom is 0.200 e. The average molecular weight is 311 g/mol. The summed E-state index contributed by atoms with van der Waals surface area (Å²) in [4.78, 5) is 0. The lowest BCUT2D eigenvalue weighted by molar-refractivity contribution is 0.381. The summed E-state index contributed by atoms with van der Waals surface area (Å²) in [6.45, 7) is 0. The van der Waals surface area contributed by atoms with Crippen LogP contribution in [0.3, 0.4) is 0 Å². The molecule has 0 N–H and O–H groups in total. The van der Waals surface area contributed by atoms with Crippen LogP contribution >= 0.6 is 11.6 Å². The molecule has 106 valence electrons. The molecule has 0 aromatic heterocycles. The van der Waals surface area contributed by atoms with Crippen molar-refractivity contribution in [2.45, 2.75) is 5.88 Å². The molecule has 0 saturated carbocycles. The highest BCUT2D eigenvalue weighted by Gasteiger charge is 2.26. The van der Waals surface area contributed by atoms with Gasteiger partial charge >= 0.3 is 0 Å².